The summed E-state index contributed by atoms with van der Waals surface area (Å²) in [5.74, 6) is -0.355. The lowest BCUT2D eigenvalue weighted by Crippen LogP contribution is -2.39. The molecule has 0 saturated carbocycles. The Labute approximate surface area is 258 Å². The Bertz CT molecular complexity index is 1620. The number of ether oxygens (including phenoxy) is 1. The molecule has 4 rings (SSSR count). The van der Waals surface area contributed by atoms with Gasteiger partial charge in [-0.05, 0) is 101 Å². The first kappa shape index (κ1) is 30.7. The van der Waals surface area contributed by atoms with E-state index in [0.717, 1.165) is 13.4 Å². The predicted octanol–water partition coefficient (Wildman–Crippen LogP) is 4.89. The number of carbonyl (C=O) groups is 2. The molecule has 0 saturated heterocycles. The largest absolute Gasteiger partial charge is 0.484 e. The van der Waals surface area contributed by atoms with Crippen molar-refractivity contribution in [1.82, 2.24) is 10.7 Å². The van der Waals surface area contributed by atoms with E-state index in [-0.39, 0.29) is 23.5 Å². The Balaban J connectivity index is 1.32. The number of nitrogens with one attached hydrogen (secondary N) is 2. The second-order valence-corrected chi connectivity index (χ2v) is 12.3. The second-order valence-electron chi connectivity index (χ2n) is 9.15. The molecular formula is C31H29IN4O5S. The highest BCUT2D eigenvalue weighted by atomic mass is 127. The zero-order valence-electron chi connectivity index (χ0n) is 22.7. The zero-order chi connectivity index (χ0) is 30.0. The molecule has 0 unspecified atom stereocenters. The van der Waals surface area contributed by atoms with E-state index < -0.39 is 22.5 Å². The van der Waals surface area contributed by atoms with Crippen molar-refractivity contribution < 1.29 is 22.7 Å². The number of hydrogen-bond donors (Lipinski definition) is 2. The van der Waals surface area contributed by atoms with E-state index in [2.05, 4.69) is 38.4 Å². The van der Waals surface area contributed by atoms with Gasteiger partial charge in [-0.1, -0.05) is 48.5 Å². The van der Waals surface area contributed by atoms with Crippen LogP contribution < -0.4 is 19.8 Å². The lowest BCUT2D eigenvalue weighted by atomic mass is 10.1. The molecule has 4 aromatic rings. The number of hydrogen-bond acceptors (Lipinski definition) is 6. The average molecular weight is 697 g/mol. The van der Waals surface area contributed by atoms with Crippen molar-refractivity contribution in [1.29, 1.82) is 0 Å². The molecule has 0 aliphatic rings. The molecule has 11 heteroatoms. The van der Waals surface area contributed by atoms with E-state index in [1.807, 2.05) is 37.3 Å². The Morgan fingerprint density at radius 2 is 1.50 bits per heavy atom. The third kappa shape index (κ3) is 8.63. The van der Waals surface area contributed by atoms with Gasteiger partial charge in [-0.3, -0.25) is 13.9 Å². The standard InChI is InChI=1S/C31H29IN4O5S/c1-23(25-8-4-2-5-9-25)34-31(38)22-41-28-18-12-24(13-19-28)20-33-35-30(37)21-36(27-16-14-26(32)15-17-27)42(39,40)29-10-6-3-7-11-29/h2-20,23H,21-22H2,1H3,(H,34,38)(H,35,37)/b33-20-/t23-/m1/s1. The maximum atomic E-state index is 13.4. The number of benzene rings is 4. The summed E-state index contributed by atoms with van der Waals surface area (Å²) < 4.78 is 34.3. The van der Waals surface area contributed by atoms with Crippen LogP contribution in [0.4, 0.5) is 5.69 Å². The Kier molecular flexibility index (Phi) is 10.7. The highest BCUT2D eigenvalue weighted by molar-refractivity contribution is 14.1. The Morgan fingerprint density at radius 3 is 2.14 bits per heavy atom. The van der Waals surface area contributed by atoms with Crippen LogP contribution in [0.3, 0.4) is 0 Å². The summed E-state index contributed by atoms with van der Waals surface area (Å²) in [6.45, 7) is 1.30. The molecule has 42 heavy (non-hydrogen) atoms. The lowest BCUT2D eigenvalue weighted by Gasteiger charge is -2.23. The monoisotopic (exact) mass is 696 g/mol. The fourth-order valence-electron chi connectivity index (χ4n) is 3.89. The third-order valence-electron chi connectivity index (χ3n) is 6.06. The molecule has 0 heterocycles. The van der Waals surface area contributed by atoms with Gasteiger partial charge in [0.2, 0.25) is 0 Å². The summed E-state index contributed by atoms with van der Waals surface area (Å²) in [5, 5.41) is 6.86. The highest BCUT2D eigenvalue weighted by Crippen LogP contribution is 2.24. The van der Waals surface area contributed by atoms with Gasteiger partial charge >= 0.3 is 0 Å². The summed E-state index contributed by atoms with van der Waals surface area (Å²) in [4.78, 5) is 25.1. The van der Waals surface area contributed by atoms with Crippen LogP contribution in [0.5, 0.6) is 5.75 Å². The SMILES string of the molecule is C[C@@H](NC(=O)COc1ccc(/C=N\NC(=O)CN(c2ccc(I)cc2)S(=O)(=O)c2ccccc2)cc1)c1ccccc1. The van der Waals surface area contributed by atoms with Crippen LogP contribution >= 0.6 is 22.6 Å². The van der Waals surface area contributed by atoms with E-state index >= 15 is 0 Å². The van der Waals surface area contributed by atoms with Crippen molar-refractivity contribution in [2.75, 3.05) is 17.5 Å². The van der Waals surface area contributed by atoms with Gasteiger partial charge in [0, 0.05) is 3.57 Å². The van der Waals surface area contributed by atoms with Crippen LogP contribution in [-0.2, 0) is 19.6 Å². The number of amides is 2. The summed E-state index contributed by atoms with van der Waals surface area (Å²) in [7, 11) is -4.00. The molecule has 0 aliphatic carbocycles. The minimum Gasteiger partial charge on any atom is -0.484 e. The molecule has 2 N–H and O–H groups in total. The van der Waals surface area contributed by atoms with Gasteiger partial charge in [-0.25, -0.2) is 13.8 Å². The van der Waals surface area contributed by atoms with Crippen molar-refractivity contribution >= 4 is 56.3 Å². The van der Waals surface area contributed by atoms with Gasteiger partial charge in [-0.2, -0.15) is 5.10 Å². The summed E-state index contributed by atoms with van der Waals surface area (Å²) in [6, 6.07) is 31.1. The lowest BCUT2D eigenvalue weighted by molar-refractivity contribution is -0.123. The first-order valence-electron chi connectivity index (χ1n) is 12.9. The molecule has 216 valence electrons. The molecule has 4 aromatic carbocycles. The van der Waals surface area contributed by atoms with Gasteiger partial charge < -0.3 is 10.1 Å². The molecule has 2 amide bonds. The topological polar surface area (TPSA) is 117 Å². The Hall–Kier alpha value is -4.23. The van der Waals surface area contributed by atoms with E-state index in [9.17, 15) is 18.0 Å². The van der Waals surface area contributed by atoms with Gasteiger partial charge in [0.1, 0.15) is 12.3 Å². The smallest absolute Gasteiger partial charge is 0.264 e. The normalized spacial score (nSPS) is 12.0. The van der Waals surface area contributed by atoms with Gasteiger partial charge in [0.05, 0.1) is 22.8 Å². The number of hydrazone groups is 1. The molecule has 0 fully saturated rings. The van der Waals surface area contributed by atoms with Crippen LogP contribution in [0, 0.1) is 3.57 Å². The maximum absolute atomic E-state index is 13.4. The number of halogens is 1. The molecular weight excluding hydrogens is 667 g/mol. The number of carbonyl (C=O) groups excluding carboxylic acids is 2. The zero-order valence-corrected chi connectivity index (χ0v) is 25.7. The molecule has 9 nitrogen and oxygen atoms in total. The minimum atomic E-state index is -4.00. The maximum Gasteiger partial charge on any atom is 0.264 e. The van der Waals surface area contributed by atoms with Crippen molar-refractivity contribution in [3.05, 3.63) is 124 Å². The molecule has 0 aromatic heterocycles. The number of nitrogens with zero attached hydrogens (tertiary/aromatic N) is 2. The second kappa shape index (κ2) is 14.6. The summed E-state index contributed by atoms with van der Waals surface area (Å²) >= 11 is 2.12. The van der Waals surface area contributed by atoms with Crippen molar-refractivity contribution in [3.63, 3.8) is 0 Å². The highest BCUT2D eigenvalue weighted by Gasteiger charge is 2.27. The first-order valence-corrected chi connectivity index (χ1v) is 15.5. The van der Waals surface area contributed by atoms with Gasteiger partial charge in [0.25, 0.3) is 21.8 Å². The van der Waals surface area contributed by atoms with Crippen LogP contribution in [0.1, 0.15) is 24.1 Å². The van der Waals surface area contributed by atoms with Crippen LogP contribution in [-0.4, -0.2) is 39.6 Å². The third-order valence-corrected chi connectivity index (χ3v) is 8.57. The molecule has 0 spiro atoms. The molecule has 0 bridgehead atoms. The van der Waals surface area contributed by atoms with E-state index in [1.54, 1.807) is 66.7 Å². The predicted molar refractivity (Wildman–Crippen MR) is 171 cm³/mol. The van der Waals surface area contributed by atoms with Crippen LogP contribution in [0.25, 0.3) is 0 Å². The molecule has 0 radical (unpaired) electrons. The van der Waals surface area contributed by atoms with E-state index in [4.69, 9.17) is 4.74 Å². The number of anilines is 1. The van der Waals surface area contributed by atoms with Crippen LogP contribution in [0.2, 0.25) is 0 Å². The van der Waals surface area contributed by atoms with Crippen molar-refractivity contribution in [3.8, 4) is 5.75 Å². The van der Waals surface area contributed by atoms with Crippen molar-refractivity contribution in [2.24, 2.45) is 5.10 Å². The fraction of sp³-hybridized carbons (Fsp3) is 0.129. The summed E-state index contributed by atoms with van der Waals surface area (Å²) in [5.41, 5.74) is 4.41. The van der Waals surface area contributed by atoms with Gasteiger partial charge in [-0.15, -0.1) is 0 Å². The number of rotatable bonds is 12. The Morgan fingerprint density at radius 1 is 0.881 bits per heavy atom. The first-order chi connectivity index (χ1) is 20.2. The average Bonchev–Trinajstić information content (AvgIpc) is 3.01. The quantitative estimate of drug-likeness (QED) is 0.124. The van der Waals surface area contributed by atoms with Gasteiger partial charge in [0.15, 0.2) is 6.61 Å². The molecule has 0 aliphatic heterocycles. The minimum absolute atomic E-state index is 0.0744. The fourth-order valence-corrected chi connectivity index (χ4v) is 5.70. The van der Waals surface area contributed by atoms with Crippen LogP contribution in [0.15, 0.2) is 119 Å². The van der Waals surface area contributed by atoms with E-state index in [0.29, 0.717) is 17.0 Å². The number of sulfonamides is 1. The van der Waals surface area contributed by atoms with E-state index in [1.165, 1.54) is 18.3 Å². The molecule has 1 atom stereocenters. The summed E-state index contributed by atoms with van der Waals surface area (Å²) in [6.07, 6.45) is 1.43. The van der Waals surface area contributed by atoms with Crippen molar-refractivity contribution in [2.45, 2.75) is 17.9 Å².